The summed E-state index contributed by atoms with van der Waals surface area (Å²) in [5.74, 6) is 0. The van der Waals surface area contributed by atoms with Gasteiger partial charge < -0.3 is 9.68 Å². The van der Waals surface area contributed by atoms with Crippen LogP contribution in [0.15, 0.2) is 44.7 Å². The number of oxime groups is 2. The van der Waals surface area contributed by atoms with Crippen LogP contribution in [0.3, 0.4) is 0 Å². The molecule has 0 aromatic carbocycles. The van der Waals surface area contributed by atoms with E-state index in [4.69, 9.17) is 32.9 Å². The Morgan fingerprint density at radius 3 is 2.74 bits per heavy atom. The zero-order chi connectivity index (χ0) is 14.1. The van der Waals surface area contributed by atoms with E-state index in [0.717, 1.165) is 22.3 Å². The smallest absolute Gasteiger partial charge is 0.138 e. The van der Waals surface area contributed by atoms with Crippen molar-refractivity contribution < 1.29 is 9.68 Å². The van der Waals surface area contributed by atoms with Crippen LogP contribution in [0.5, 0.6) is 0 Å². The van der Waals surface area contributed by atoms with Crippen LogP contribution in [-0.2, 0) is 9.68 Å². The second-order valence-electron chi connectivity index (χ2n) is 3.47. The largest absolute Gasteiger partial charge is 0.394 e. The Hall–Kier alpha value is -0.780. The highest BCUT2D eigenvalue weighted by molar-refractivity contribution is 9.09. The second-order valence-corrected chi connectivity index (χ2v) is 5.27. The molecule has 0 unspecified atom stereocenters. The van der Waals surface area contributed by atoms with Crippen molar-refractivity contribution in [3.8, 4) is 0 Å². The summed E-state index contributed by atoms with van der Waals surface area (Å²) in [5.41, 5.74) is 2.39. The Morgan fingerprint density at radius 1 is 1.32 bits per heavy atom. The highest BCUT2D eigenvalue weighted by Gasteiger charge is 2.07. The Morgan fingerprint density at radius 2 is 2.11 bits per heavy atom. The van der Waals surface area contributed by atoms with E-state index in [1.165, 1.54) is 6.08 Å². The molecule has 0 bridgehead atoms. The minimum Gasteiger partial charge on any atom is -0.394 e. The summed E-state index contributed by atoms with van der Waals surface area (Å²) in [6, 6.07) is 0. The van der Waals surface area contributed by atoms with E-state index in [0.29, 0.717) is 6.61 Å². The molecule has 1 rings (SSSR count). The molecule has 0 atom stereocenters. The zero-order valence-corrected chi connectivity index (χ0v) is 13.4. The van der Waals surface area contributed by atoms with Crippen molar-refractivity contribution in [1.29, 1.82) is 0 Å². The molecular formula is C12H13BrCl2N2O2. The number of nitrogens with zero attached hydrogens (tertiary/aromatic N) is 2. The van der Waals surface area contributed by atoms with Crippen LogP contribution in [0.2, 0.25) is 0 Å². The summed E-state index contributed by atoms with van der Waals surface area (Å²) in [5, 5.41) is 8.67. The Bertz CT molecular complexity index is 453. The predicted molar refractivity (Wildman–Crippen MR) is 83.3 cm³/mol. The lowest BCUT2D eigenvalue weighted by Gasteiger charge is -2.07. The van der Waals surface area contributed by atoms with Gasteiger partial charge in [0, 0.05) is 5.33 Å². The van der Waals surface area contributed by atoms with Gasteiger partial charge in [-0.1, -0.05) is 49.4 Å². The first kappa shape index (κ1) is 16.3. The molecule has 1 aliphatic carbocycles. The van der Waals surface area contributed by atoms with E-state index < -0.39 is 0 Å². The lowest BCUT2D eigenvalue weighted by Crippen LogP contribution is -2.07. The molecule has 0 saturated heterocycles. The van der Waals surface area contributed by atoms with Crippen LogP contribution < -0.4 is 0 Å². The van der Waals surface area contributed by atoms with Crippen LogP contribution in [0.1, 0.15) is 6.92 Å². The molecule has 0 heterocycles. The van der Waals surface area contributed by atoms with Crippen LogP contribution in [0.25, 0.3) is 0 Å². The van der Waals surface area contributed by atoms with E-state index >= 15 is 0 Å². The summed E-state index contributed by atoms with van der Waals surface area (Å²) in [4.78, 5) is 10.1. The van der Waals surface area contributed by atoms with Crippen molar-refractivity contribution in [1.82, 2.24) is 0 Å². The maximum Gasteiger partial charge on any atom is 0.138 e. The summed E-state index contributed by atoms with van der Waals surface area (Å²) < 4.78 is 0.157. The third kappa shape index (κ3) is 6.80. The summed E-state index contributed by atoms with van der Waals surface area (Å²) >= 11 is 14.1. The van der Waals surface area contributed by atoms with Gasteiger partial charge in [0.2, 0.25) is 0 Å². The van der Waals surface area contributed by atoms with Crippen LogP contribution in [0, 0.1) is 0 Å². The summed E-state index contributed by atoms with van der Waals surface area (Å²) in [6.45, 7) is 2.66. The number of hydrogen-bond acceptors (Lipinski definition) is 4. The van der Waals surface area contributed by atoms with Crippen molar-refractivity contribution in [2.45, 2.75) is 6.92 Å². The normalized spacial score (nSPS) is 18.4. The molecular weight excluding hydrogens is 355 g/mol. The fourth-order valence-electron chi connectivity index (χ4n) is 1.16. The van der Waals surface area contributed by atoms with Gasteiger partial charge in [-0.25, -0.2) is 0 Å². The minimum absolute atomic E-state index is 0.157. The SMILES string of the molecule is CC1=CC(=NOCCBr)C=CC1=NOCC=C(Cl)Cl. The first-order chi connectivity index (χ1) is 9.13. The van der Waals surface area contributed by atoms with Crippen molar-refractivity contribution in [3.63, 3.8) is 0 Å². The minimum atomic E-state index is 0.157. The predicted octanol–water partition coefficient (Wildman–Crippen LogP) is 3.96. The summed E-state index contributed by atoms with van der Waals surface area (Å²) in [7, 11) is 0. The highest BCUT2D eigenvalue weighted by Crippen LogP contribution is 2.09. The molecule has 0 aromatic heterocycles. The van der Waals surface area contributed by atoms with Crippen LogP contribution in [0.4, 0.5) is 0 Å². The van der Waals surface area contributed by atoms with Gasteiger partial charge in [-0.05, 0) is 36.8 Å². The standard InChI is InChI=1S/C12H13BrCl2N2O2/c1-9-8-10(16-19-7-5-13)2-3-11(9)17-18-6-4-12(14)15/h2-4,8H,5-7H2,1H3. The number of alkyl halides is 1. The molecule has 104 valence electrons. The van der Waals surface area contributed by atoms with Gasteiger partial charge in [0.1, 0.15) is 29.1 Å². The molecule has 4 nitrogen and oxygen atoms in total. The highest BCUT2D eigenvalue weighted by atomic mass is 79.9. The first-order valence-electron chi connectivity index (χ1n) is 5.47. The van der Waals surface area contributed by atoms with Gasteiger partial charge in [0.15, 0.2) is 0 Å². The quantitative estimate of drug-likeness (QED) is 0.308. The molecule has 0 fully saturated rings. The average Bonchev–Trinajstić information content (AvgIpc) is 2.36. The van der Waals surface area contributed by atoms with Crippen molar-refractivity contribution >= 4 is 50.6 Å². The lowest BCUT2D eigenvalue weighted by molar-refractivity contribution is 0.163. The van der Waals surface area contributed by atoms with Gasteiger partial charge >= 0.3 is 0 Å². The van der Waals surface area contributed by atoms with Gasteiger partial charge in [0.05, 0.1) is 0 Å². The van der Waals surface area contributed by atoms with Crippen LogP contribution in [-0.4, -0.2) is 30.0 Å². The van der Waals surface area contributed by atoms with Gasteiger partial charge in [-0.3, -0.25) is 0 Å². The molecule has 19 heavy (non-hydrogen) atoms. The molecule has 0 radical (unpaired) electrons. The van der Waals surface area contributed by atoms with Gasteiger partial charge in [-0.2, -0.15) is 0 Å². The van der Waals surface area contributed by atoms with Crippen molar-refractivity contribution in [2.75, 3.05) is 18.5 Å². The molecule has 0 spiro atoms. The van der Waals surface area contributed by atoms with E-state index in [1.807, 2.05) is 13.0 Å². The van der Waals surface area contributed by atoms with E-state index in [9.17, 15) is 0 Å². The number of rotatable bonds is 6. The van der Waals surface area contributed by atoms with E-state index in [2.05, 4.69) is 26.2 Å². The van der Waals surface area contributed by atoms with Gasteiger partial charge in [0.25, 0.3) is 0 Å². The Balaban J connectivity index is 2.55. The lowest BCUT2D eigenvalue weighted by atomic mass is 10.0. The number of allylic oxidation sites excluding steroid dienone is 4. The van der Waals surface area contributed by atoms with Crippen molar-refractivity contribution in [2.24, 2.45) is 10.3 Å². The molecule has 0 aliphatic heterocycles. The maximum absolute atomic E-state index is 5.45. The summed E-state index contributed by atoms with van der Waals surface area (Å²) in [6.07, 6.45) is 6.98. The topological polar surface area (TPSA) is 43.2 Å². The molecule has 0 amide bonds. The zero-order valence-electron chi connectivity index (χ0n) is 10.3. The Kier molecular flexibility index (Phi) is 7.86. The average molecular weight is 368 g/mol. The molecule has 0 aromatic rings. The molecule has 0 saturated carbocycles. The molecule has 1 aliphatic rings. The molecule has 7 heteroatoms. The van der Waals surface area contributed by atoms with Crippen LogP contribution >= 0.6 is 39.1 Å². The number of hydrogen-bond donors (Lipinski definition) is 0. The van der Waals surface area contributed by atoms with E-state index in [1.54, 1.807) is 12.2 Å². The Labute approximate surface area is 130 Å². The monoisotopic (exact) mass is 366 g/mol. The molecule has 0 N–H and O–H groups in total. The number of halogens is 3. The fraction of sp³-hybridized carbons (Fsp3) is 0.333. The third-order valence-corrected chi connectivity index (χ3v) is 2.63. The third-order valence-electron chi connectivity index (χ3n) is 1.99. The fourth-order valence-corrected chi connectivity index (χ4v) is 1.43. The maximum atomic E-state index is 5.45. The van der Waals surface area contributed by atoms with E-state index in [-0.39, 0.29) is 11.1 Å². The van der Waals surface area contributed by atoms with Gasteiger partial charge in [-0.15, -0.1) is 0 Å². The first-order valence-corrected chi connectivity index (χ1v) is 7.35. The second kappa shape index (κ2) is 9.18. The van der Waals surface area contributed by atoms with Crippen molar-refractivity contribution in [3.05, 3.63) is 34.4 Å².